The lowest BCUT2D eigenvalue weighted by Crippen LogP contribution is -2.43. The third-order valence-electron chi connectivity index (χ3n) is 5.13. The molecule has 1 saturated heterocycles. The Bertz CT molecular complexity index is 846. The second-order valence-electron chi connectivity index (χ2n) is 6.87. The van der Waals surface area contributed by atoms with Crippen LogP contribution in [0.25, 0.3) is 0 Å². The van der Waals surface area contributed by atoms with Crippen molar-refractivity contribution in [2.24, 2.45) is 5.92 Å². The number of carbonyl (C=O) groups excluding carboxylic acids is 1. The van der Waals surface area contributed by atoms with Crippen molar-refractivity contribution < 1.29 is 13.2 Å². The number of benzene rings is 2. The number of carbonyl (C=O) groups is 1. The molecule has 27 heavy (non-hydrogen) atoms. The number of hydrogen-bond acceptors (Lipinski definition) is 3. The fourth-order valence-electron chi connectivity index (χ4n) is 3.50. The Balaban J connectivity index is 1.59. The Morgan fingerprint density at radius 2 is 1.59 bits per heavy atom. The molecule has 144 valence electrons. The van der Waals surface area contributed by atoms with Gasteiger partial charge in [0.2, 0.25) is 15.9 Å². The summed E-state index contributed by atoms with van der Waals surface area (Å²) in [6, 6.07) is 18.4. The zero-order chi connectivity index (χ0) is 19.3. The number of rotatable bonds is 6. The minimum Gasteiger partial charge on any atom is -0.349 e. The molecule has 1 heterocycles. The summed E-state index contributed by atoms with van der Waals surface area (Å²) in [5.74, 6) is -0.132. The molecule has 1 amide bonds. The van der Waals surface area contributed by atoms with Crippen molar-refractivity contribution in [2.45, 2.75) is 37.1 Å². The van der Waals surface area contributed by atoms with E-state index >= 15 is 0 Å². The fraction of sp³-hybridized carbons (Fsp3) is 0.381. The summed E-state index contributed by atoms with van der Waals surface area (Å²) in [6.07, 6.45) is 1.91. The van der Waals surface area contributed by atoms with Crippen LogP contribution in [0.2, 0.25) is 0 Å². The van der Waals surface area contributed by atoms with Crippen LogP contribution in [0.3, 0.4) is 0 Å². The summed E-state index contributed by atoms with van der Waals surface area (Å²) >= 11 is 0. The highest BCUT2D eigenvalue weighted by molar-refractivity contribution is 7.89. The van der Waals surface area contributed by atoms with Gasteiger partial charge in [-0.2, -0.15) is 4.31 Å². The molecular weight excluding hydrogens is 360 g/mol. The molecule has 0 saturated carbocycles. The minimum absolute atomic E-state index is 0.00946. The van der Waals surface area contributed by atoms with E-state index in [9.17, 15) is 13.2 Å². The molecule has 3 rings (SSSR count). The van der Waals surface area contributed by atoms with Gasteiger partial charge in [-0.3, -0.25) is 4.79 Å². The summed E-state index contributed by atoms with van der Waals surface area (Å²) in [6.45, 7) is 2.79. The van der Waals surface area contributed by atoms with Crippen molar-refractivity contribution in [3.8, 4) is 0 Å². The third-order valence-corrected chi connectivity index (χ3v) is 7.05. The lowest BCUT2D eigenvalue weighted by Gasteiger charge is -2.31. The maximum Gasteiger partial charge on any atom is 0.243 e. The van der Waals surface area contributed by atoms with E-state index in [0.717, 1.165) is 12.0 Å². The normalized spacial score (nSPS) is 17.4. The third kappa shape index (κ3) is 4.57. The SMILES string of the molecule is CC[C@H](NC(=O)C1CCN(S(=O)(=O)c2ccccc2)CC1)c1ccccc1. The molecule has 1 N–H and O–H groups in total. The monoisotopic (exact) mass is 386 g/mol. The van der Waals surface area contributed by atoms with Crippen molar-refractivity contribution in [3.63, 3.8) is 0 Å². The lowest BCUT2D eigenvalue weighted by atomic mass is 9.96. The highest BCUT2D eigenvalue weighted by atomic mass is 32.2. The molecule has 0 radical (unpaired) electrons. The standard InChI is InChI=1S/C21H26N2O3S/c1-2-20(17-9-5-3-6-10-17)22-21(24)18-13-15-23(16-14-18)27(25,26)19-11-7-4-8-12-19/h3-12,18,20H,2,13-16H2,1H3,(H,22,24)/t20-/m0/s1. The Hall–Kier alpha value is -2.18. The predicted octanol–water partition coefficient (Wildman–Crippen LogP) is 3.35. The van der Waals surface area contributed by atoms with Gasteiger partial charge in [0.1, 0.15) is 0 Å². The van der Waals surface area contributed by atoms with Gasteiger partial charge in [-0.15, -0.1) is 0 Å². The molecule has 1 aliphatic heterocycles. The molecule has 2 aromatic carbocycles. The Labute approximate surface area is 161 Å². The first kappa shape index (κ1) is 19.6. The maximum atomic E-state index is 12.7. The maximum absolute atomic E-state index is 12.7. The van der Waals surface area contributed by atoms with Crippen LogP contribution in [0, 0.1) is 5.92 Å². The highest BCUT2D eigenvalue weighted by Gasteiger charge is 2.32. The zero-order valence-electron chi connectivity index (χ0n) is 15.5. The minimum atomic E-state index is -3.48. The van der Waals surface area contributed by atoms with Gasteiger partial charge in [0.15, 0.2) is 0 Å². The average Bonchev–Trinajstić information content (AvgIpc) is 2.73. The fourth-order valence-corrected chi connectivity index (χ4v) is 4.99. The van der Waals surface area contributed by atoms with Gasteiger partial charge in [-0.1, -0.05) is 55.5 Å². The number of nitrogens with one attached hydrogen (secondary N) is 1. The lowest BCUT2D eigenvalue weighted by molar-refractivity contribution is -0.126. The van der Waals surface area contributed by atoms with Gasteiger partial charge in [-0.25, -0.2) is 8.42 Å². The number of piperidine rings is 1. The molecular formula is C21H26N2O3S. The molecule has 0 aliphatic carbocycles. The van der Waals surface area contributed by atoms with E-state index in [4.69, 9.17) is 0 Å². The van der Waals surface area contributed by atoms with E-state index in [-0.39, 0.29) is 17.9 Å². The van der Waals surface area contributed by atoms with Gasteiger partial charge in [-0.05, 0) is 37.0 Å². The highest BCUT2D eigenvalue weighted by Crippen LogP contribution is 2.25. The van der Waals surface area contributed by atoms with Crippen LogP contribution in [0.15, 0.2) is 65.6 Å². The van der Waals surface area contributed by atoms with E-state index < -0.39 is 10.0 Å². The largest absolute Gasteiger partial charge is 0.349 e. The molecule has 6 heteroatoms. The molecule has 2 aromatic rings. The number of amides is 1. The topological polar surface area (TPSA) is 66.5 Å². The number of sulfonamides is 1. The molecule has 1 atom stereocenters. The van der Waals surface area contributed by atoms with E-state index in [1.807, 2.05) is 37.3 Å². The molecule has 0 aromatic heterocycles. The van der Waals surface area contributed by atoms with Gasteiger partial charge >= 0.3 is 0 Å². The quantitative estimate of drug-likeness (QED) is 0.828. The number of nitrogens with zero attached hydrogens (tertiary/aromatic N) is 1. The second kappa shape index (κ2) is 8.67. The van der Waals surface area contributed by atoms with Crippen LogP contribution in [-0.4, -0.2) is 31.7 Å². The molecule has 0 spiro atoms. The van der Waals surface area contributed by atoms with Crippen molar-refractivity contribution >= 4 is 15.9 Å². The van der Waals surface area contributed by atoms with Crippen molar-refractivity contribution in [2.75, 3.05) is 13.1 Å². The van der Waals surface area contributed by atoms with E-state index in [2.05, 4.69) is 5.32 Å². The zero-order valence-corrected chi connectivity index (χ0v) is 16.4. The van der Waals surface area contributed by atoms with Crippen molar-refractivity contribution in [3.05, 3.63) is 66.2 Å². The summed E-state index contributed by atoms with van der Waals surface area (Å²) in [4.78, 5) is 13.0. The summed E-state index contributed by atoms with van der Waals surface area (Å²) in [5.41, 5.74) is 1.09. The summed E-state index contributed by atoms with van der Waals surface area (Å²) in [5, 5.41) is 3.13. The van der Waals surface area contributed by atoms with Crippen LogP contribution in [-0.2, 0) is 14.8 Å². The Morgan fingerprint density at radius 3 is 2.15 bits per heavy atom. The first-order chi connectivity index (χ1) is 13.0. The molecule has 5 nitrogen and oxygen atoms in total. The summed E-state index contributed by atoms with van der Waals surface area (Å²) < 4.78 is 26.9. The van der Waals surface area contributed by atoms with E-state index in [1.165, 1.54) is 4.31 Å². The Kier molecular flexibility index (Phi) is 6.29. The van der Waals surface area contributed by atoms with Gasteiger partial charge < -0.3 is 5.32 Å². The first-order valence-corrected chi connectivity index (χ1v) is 10.9. The molecule has 0 bridgehead atoms. The van der Waals surface area contributed by atoms with E-state index in [1.54, 1.807) is 30.3 Å². The van der Waals surface area contributed by atoms with E-state index in [0.29, 0.717) is 30.8 Å². The molecule has 1 fully saturated rings. The Morgan fingerprint density at radius 1 is 1.04 bits per heavy atom. The van der Waals surface area contributed by atoms with Gasteiger partial charge in [0.25, 0.3) is 0 Å². The van der Waals surface area contributed by atoms with Gasteiger partial charge in [0.05, 0.1) is 10.9 Å². The van der Waals surface area contributed by atoms with Crippen LogP contribution >= 0.6 is 0 Å². The summed E-state index contributed by atoms with van der Waals surface area (Å²) in [7, 11) is -3.48. The predicted molar refractivity (Wildman–Crippen MR) is 106 cm³/mol. The van der Waals surface area contributed by atoms with Crippen LogP contribution in [0.1, 0.15) is 37.8 Å². The average molecular weight is 387 g/mol. The number of hydrogen-bond donors (Lipinski definition) is 1. The van der Waals surface area contributed by atoms with Gasteiger partial charge in [0, 0.05) is 19.0 Å². The first-order valence-electron chi connectivity index (χ1n) is 9.43. The molecule has 0 unspecified atom stereocenters. The van der Waals surface area contributed by atoms with Crippen LogP contribution < -0.4 is 5.32 Å². The van der Waals surface area contributed by atoms with Crippen LogP contribution in [0.4, 0.5) is 0 Å². The molecule has 1 aliphatic rings. The second-order valence-corrected chi connectivity index (χ2v) is 8.81. The van der Waals surface area contributed by atoms with Crippen LogP contribution in [0.5, 0.6) is 0 Å². The van der Waals surface area contributed by atoms with Crippen molar-refractivity contribution in [1.29, 1.82) is 0 Å². The smallest absolute Gasteiger partial charge is 0.243 e. The van der Waals surface area contributed by atoms with Crippen molar-refractivity contribution in [1.82, 2.24) is 9.62 Å².